The van der Waals surface area contributed by atoms with E-state index in [-0.39, 0.29) is 10.8 Å². The highest BCUT2D eigenvalue weighted by Gasteiger charge is 2.37. The Hall–Kier alpha value is -5.20. The van der Waals surface area contributed by atoms with E-state index in [1.54, 1.807) is 0 Å². The number of benzene rings is 8. The van der Waals surface area contributed by atoms with Crippen LogP contribution in [0.1, 0.15) is 49.9 Å². The molecular formula is C46H34. The first-order valence-electron chi connectivity index (χ1n) is 16.5. The summed E-state index contributed by atoms with van der Waals surface area (Å²) in [4.78, 5) is 0. The summed E-state index contributed by atoms with van der Waals surface area (Å²) in [5, 5.41) is 10.8. The minimum atomic E-state index is -0.113. The summed E-state index contributed by atoms with van der Waals surface area (Å²) in [5.74, 6) is 0. The molecule has 0 bridgehead atoms. The normalized spacial score (nSPS) is 15.3. The summed E-state index contributed by atoms with van der Waals surface area (Å²) < 4.78 is 0. The molecule has 0 fully saturated rings. The average Bonchev–Trinajstić information content (AvgIpc) is 3.08. The molecule has 0 heterocycles. The second-order valence-electron chi connectivity index (χ2n) is 14.4. The maximum atomic E-state index is 2.40. The zero-order valence-electron chi connectivity index (χ0n) is 26.7. The third-order valence-electron chi connectivity index (χ3n) is 11.4. The molecule has 0 unspecified atom stereocenters. The van der Waals surface area contributed by atoms with Gasteiger partial charge >= 0.3 is 0 Å². The monoisotopic (exact) mass is 586 g/mol. The molecule has 218 valence electrons. The SMILES string of the molecule is CC1(C)c2ccccc2-c2c3ccccc3c(-c3c4ccccc4c4c5c(cccc35)C(C)(C)c3ccccc3-4)c3cccc1c23. The molecule has 0 saturated carbocycles. The van der Waals surface area contributed by atoms with Gasteiger partial charge in [-0.1, -0.05) is 161 Å². The molecule has 0 N–H and O–H groups in total. The summed E-state index contributed by atoms with van der Waals surface area (Å²) in [5.41, 5.74) is 13.6. The zero-order valence-corrected chi connectivity index (χ0v) is 26.7. The van der Waals surface area contributed by atoms with E-state index in [0.717, 1.165) is 0 Å². The van der Waals surface area contributed by atoms with Crippen molar-refractivity contribution in [2.24, 2.45) is 0 Å². The van der Waals surface area contributed by atoms with E-state index in [1.165, 1.54) is 98.7 Å². The van der Waals surface area contributed by atoms with Crippen molar-refractivity contribution in [1.82, 2.24) is 0 Å². The van der Waals surface area contributed by atoms with Gasteiger partial charge in [-0.2, -0.15) is 0 Å². The quantitative estimate of drug-likeness (QED) is 0.168. The molecule has 0 aliphatic heterocycles. The van der Waals surface area contributed by atoms with Crippen molar-refractivity contribution in [1.29, 1.82) is 0 Å². The van der Waals surface area contributed by atoms with Crippen molar-refractivity contribution >= 4 is 43.1 Å². The molecule has 10 rings (SSSR count). The van der Waals surface area contributed by atoms with Crippen molar-refractivity contribution < 1.29 is 0 Å². The van der Waals surface area contributed by atoms with E-state index in [2.05, 4.69) is 161 Å². The van der Waals surface area contributed by atoms with Crippen LogP contribution in [0.3, 0.4) is 0 Å². The van der Waals surface area contributed by atoms with Crippen LogP contribution in [0.15, 0.2) is 133 Å². The predicted octanol–water partition coefficient (Wildman–Crippen LogP) is 12.6. The second-order valence-corrected chi connectivity index (χ2v) is 14.4. The van der Waals surface area contributed by atoms with Gasteiger partial charge in [-0.15, -0.1) is 0 Å². The molecule has 0 radical (unpaired) electrons. The molecular weight excluding hydrogens is 553 g/mol. The van der Waals surface area contributed by atoms with Gasteiger partial charge < -0.3 is 0 Å². The number of hydrogen-bond acceptors (Lipinski definition) is 0. The van der Waals surface area contributed by atoms with E-state index in [0.29, 0.717) is 0 Å². The van der Waals surface area contributed by atoms with Gasteiger partial charge in [0.15, 0.2) is 0 Å². The van der Waals surface area contributed by atoms with Gasteiger partial charge in [0.2, 0.25) is 0 Å². The largest absolute Gasteiger partial charge is 0.0619 e. The van der Waals surface area contributed by atoms with Crippen LogP contribution in [-0.4, -0.2) is 0 Å². The van der Waals surface area contributed by atoms with Crippen molar-refractivity contribution in [3.8, 4) is 33.4 Å². The Balaban J connectivity index is 1.48. The molecule has 0 amide bonds. The Bertz CT molecular complexity index is 2440. The fourth-order valence-corrected chi connectivity index (χ4v) is 9.38. The van der Waals surface area contributed by atoms with Crippen LogP contribution in [0.4, 0.5) is 0 Å². The Morgan fingerprint density at radius 2 is 0.587 bits per heavy atom. The van der Waals surface area contributed by atoms with Crippen molar-refractivity contribution in [3.63, 3.8) is 0 Å². The lowest BCUT2D eigenvalue weighted by molar-refractivity contribution is 0.645. The zero-order chi connectivity index (χ0) is 30.9. The van der Waals surface area contributed by atoms with E-state index in [1.807, 2.05) is 0 Å². The van der Waals surface area contributed by atoms with Gasteiger partial charge in [-0.05, 0) is 98.7 Å². The first-order valence-corrected chi connectivity index (χ1v) is 16.5. The third kappa shape index (κ3) is 3.05. The minimum Gasteiger partial charge on any atom is -0.0619 e. The molecule has 0 aromatic heterocycles. The second kappa shape index (κ2) is 8.74. The summed E-state index contributed by atoms with van der Waals surface area (Å²) in [6.07, 6.45) is 0. The fourth-order valence-electron chi connectivity index (χ4n) is 9.38. The third-order valence-corrected chi connectivity index (χ3v) is 11.4. The summed E-state index contributed by atoms with van der Waals surface area (Å²) in [6, 6.07) is 50.6. The van der Waals surface area contributed by atoms with Gasteiger partial charge in [0.05, 0.1) is 0 Å². The van der Waals surface area contributed by atoms with Crippen molar-refractivity contribution in [3.05, 3.63) is 156 Å². The van der Waals surface area contributed by atoms with Gasteiger partial charge in [-0.3, -0.25) is 0 Å². The van der Waals surface area contributed by atoms with Gasteiger partial charge in [0.25, 0.3) is 0 Å². The van der Waals surface area contributed by atoms with Crippen molar-refractivity contribution in [2.75, 3.05) is 0 Å². The van der Waals surface area contributed by atoms with Crippen LogP contribution in [0, 0.1) is 0 Å². The van der Waals surface area contributed by atoms with Gasteiger partial charge in [0.1, 0.15) is 0 Å². The lowest BCUT2D eigenvalue weighted by atomic mass is 9.65. The molecule has 0 saturated heterocycles. The van der Waals surface area contributed by atoms with Crippen LogP contribution >= 0.6 is 0 Å². The maximum Gasteiger partial charge on any atom is 0.0159 e. The molecule has 0 atom stereocenters. The van der Waals surface area contributed by atoms with E-state index < -0.39 is 0 Å². The molecule has 46 heavy (non-hydrogen) atoms. The number of fused-ring (bicyclic) bond motifs is 8. The van der Waals surface area contributed by atoms with Crippen LogP contribution in [0.2, 0.25) is 0 Å². The molecule has 2 aliphatic carbocycles. The average molecular weight is 587 g/mol. The Morgan fingerprint density at radius 1 is 0.283 bits per heavy atom. The number of hydrogen-bond donors (Lipinski definition) is 0. The van der Waals surface area contributed by atoms with Crippen LogP contribution in [0.25, 0.3) is 76.5 Å². The van der Waals surface area contributed by atoms with Crippen LogP contribution < -0.4 is 0 Å². The van der Waals surface area contributed by atoms with E-state index in [4.69, 9.17) is 0 Å². The summed E-state index contributed by atoms with van der Waals surface area (Å²) >= 11 is 0. The highest BCUT2D eigenvalue weighted by Crippen LogP contribution is 2.57. The lowest BCUT2D eigenvalue weighted by Crippen LogP contribution is -2.24. The minimum absolute atomic E-state index is 0.113. The van der Waals surface area contributed by atoms with Crippen molar-refractivity contribution in [2.45, 2.75) is 38.5 Å². The smallest absolute Gasteiger partial charge is 0.0159 e. The summed E-state index contributed by atoms with van der Waals surface area (Å²) in [6.45, 7) is 9.59. The Morgan fingerprint density at radius 3 is 1.00 bits per heavy atom. The van der Waals surface area contributed by atoms with E-state index in [9.17, 15) is 0 Å². The predicted molar refractivity (Wildman–Crippen MR) is 197 cm³/mol. The number of rotatable bonds is 1. The molecule has 0 nitrogen and oxygen atoms in total. The fraction of sp³-hybridized carbons (Fsp3) is 0.130. The van der Waals surface area contributed by atoms with Crippen LogP contribution in [0.5, 0.6) is 0 Å². The molecule has 0 heteroatoms. The molecule has 0 spiro atoms. The Kier molecular flexibility index (Phi) is 4.95. The van der Waals surface area contributed by atoms with Gasteiger partial charge in [-0.25, -0.2) is 0 Å². The molecule has 8 aromatic carbocycles. The highest BCUT2D eigenvalue weighted by atomic mass is 14.4. The summed E-state index contributed by atoms with van der Waals surface area (Å²) in [7, 11) is 0. The topological polar surface area (TPSA) is 0 Å². The Labute approximate surface area is 270 Å². The first kappa shape index (κ1) is 26.1. The maximum absolute atomic E-state index is 2.40. The van der Waals surface area contributed by atoms with Gasteiger partial charge in [0, 0.05) is 10.8 Å². The lowest BCUT2D eigenvalue weighted by Gasteiger charge is -2.37. The van der Waals surface area contributed by atoms with E-state index >= 15 is 0 Å². The van der Waals surface area contributed by atoms with Crippen LogP contribution in [-0.2, 0) is 10.8 Å². The standard InChI is InChI=1S/C46H34/c1-45(2)35-23-11-9-19-31(35)39-27-15-5-7-17-29(27)41(33-21-13-25-37(45)43(33)39)42-30-18-8-6-16-28(30)40-32-20-10-12-24-36(32)46(3,4)38-26-14-22-34(42)44(38)40/h5-26H,1-4H3. The first-order chi connectivity index (χ1) is 22.4. The highest BCUT2D eigenvalue weighted by molar-refractivity contribution is 6.31. The molecule has 2 aliphatic rings. The molecule has 8 aromatic rings.